The molecule has 5 atom stereocenters. The number of aryl methyl sites for hydroxylation is 1. The molecule has 53 heavy (non-hydrogen) atoms. The first-order valence-corrected chi connectivity index (χ1v) is 18.3. The summed E-state index contributed by atoms with van der Waals surface area (Å²) < 4.78 is 60.2. The molecule has 0 aliphatic carbocycles. The molecular weight excluding hydrogens is 685 g/mol. The average Bonchev–Trinajstić information content (AvgIpc) is 3.60. The smallest absolute Gasteiger partial charge is 0.319 e. The predicted octanol–water partition coefficient (Wildman–Crippen LogP) is 5.58. The molecule has 2 aromatic heterocycles. The Labute approximate surface area is 302 Å². The zero-order valence-electron chi connectivity index (χ0n) is 29.1. The van der Waals surface area contributed by atoms with E-state index in [1.54, 1.807) is 13.0 Å². The van der Waals surface area contributed by atoms with Gasteiger partial charge in [0.15, 0.2) is 5.82 Å². The van der Waals surface area contributed by atoms with Crippen LogP contribution in [-0.2, 0) is 4.79 Å². The van der Waals surface area contributed by atoms with Crippen molar-refractivity contribution < 1.29 is 32.2 Å². The second-order valence-corrected chi connectivity index (χ2v) is 15.4. The van der Waals surface area contributed by atoms with Gasteiger partial charge in [-0.05, 0) is 68.8 Å². The summed E-state index contributed by atoms with van der Waals surface area (Å²) >= 11 is 0. The Kier molecular flexibility index (Phi) is 7.20. The molecule has 0 saturated carbocycles. The van der Waals surface area contributed by atoms with Crippen molar-refractivity contribution in [3.63, 3.8) is 0 Å². The van der Waals surface area contributed by atoms with Crippen molar-refractivity contribution in [1.29, 1.82) is 0 Å². The Bertz CT molecular complexity index is 2410. The van der Waals surface area contributed by atoms with Crippen molar-refractivity contribution in [3.8, 4) is 35.2 Å². The number of carbonyl (C=O) groups is 1. The van der Waals surface area contributed by atoms with Crippen molar-refractivity contribution in [2.24, 2.45) is 0 Å². The van der Waals surface area contributed by atoms with Crippen LogP contribution in [0, 0.1) is 30.9 Å². The summed E-state index contributed by atoms with van der Waals surface area (Å²) in [4.78, 5) is 29.2. The molecule has 1 amide bonds. The molecule has 2 N–H and O–H groups in total. The molecule has 10 nitrogen and oxygen atoms in total. The van der Waals surface area contributed by atoms with Crippen molar-refractivity contribution >= 4 is 44.4 Å². The first-order chi connectivity index (χ1) is 25.6. The number of phenolic OH excluding ortho intramolecular Hbond substituents is 1. The van der Waals surface area contributed by atoms with Gasteiger partial charge in [0.2, 0.25) is 5.91 Å². The van der Waals surface area contributed by atoms with Gasteiger partial charge in [-0.2, -0.15) is 9.97 Å². The number of halogens is 3. The lowest BCUT2D eigenvalue weighted by Crippen LogP contribution is -2.57. The number of ether oxygens (including phenoxy) is 1. The molecule has 10 rings (SSSR count). The van der Waals surface area contributed by atoms with Gasteiger partial charge >= 0.3 is 6.01 Å². The van der Waals surface area contributed by atoms with E-state index < -0.39 is 23.3 Å². The minimum atomic E-state index is -0.959. The highest BCUT2D eigenvalue weighted by Gasteiger charge is 2.50. The highest BCUT2D eigenvalue weighted by molar-refractivity contribution is 6.18. The van der Waals surface area contributed by atoms with E-state index in [1.807, 2.05) is 4.90 Å². The Morgan fingerprint density at radius 2 is 1.94 bits per heavy atom. The van der Waals surface area contributed by atoms with Gasteiger partial charge < -0.3 is 29.4 Å². The highest BCUT2D eigenvalue weighted by atomic mass is 19.1. The number of aromatic nitrogens is 2. The first kappa shape index (κ1) is 32.6. The van der Waals surface area contributed by atoms with Crippen LogP contribution in [0.5, 0.6) is 11.8 Å². The largest absolute Gasteiger partial charge is 0.508 e. The summed E-state index contributed by atoms with van der Waals surface area (Å²) in [6.07, 6.45) is 8.57. The van der Waals surface area contributed by atoms with Gasteiger partial charge in [-0.25, -0.2) is 13.2 Å². The third-order valence-corrected chi connectivity index (χ3v) is 12.1. The van der Waals surface area contributed by atoms with Crippen LogP contribution < -0.4 is 15.0 Å². The van der Waals surface area contributed by atoms with Gasteiger partial charge in [0.25, 0.3) is 0 Å². The number of phenols is 1. The maximum atomic E-state index is 17.7. The second-order valence-electron chi connectivity index (χ2n) is 15.4. The maximum Gasteiger partial charge on any atom is 0.319 e. The normalized spacial score (nSPS) is 26.5. The Morgan fingerprint density at radius 3 is 2.70 bits per heavy atom. The number of amides is 1. The molecular formula is C40H37F3N6O4. The summed E-state index contributed by atoms with van der Waals surface area (Å²) in [7, 11) is 0. The van der Waals surface area contributed by atoms with E-state index in [9.17, 15) is 14.3 Å². The Balaban J connectivity index is 1.18. The monoisotopic (exact) mass is 722 g/mol. The van der Waals surface area contributed by atoms with Crippen LogP contribution in [0.15, 0.2) is 34.7 Å². The van der Waals surface area contributed by atoms with Gasteiger partial charge in [-0.1, -0.05) is 12.0 Å². The fourth-order valence-corrected chi connectivity index (χ4v) is 9.73. The van der Waals surface area contributed by atoms with E-state index in [0.717, 1.165) is 32.2 Å². The van der Waals surface area contributed by atoms with Crippen molar-refractivity contribution in [2.75, 3.05) is 44.2 Å². The fourth-order valence-electron chi connectivity index (χ4n) is 9.73. The van der Waals surface area contributed by atoms with Crippen LogP contribution in [0.3, 0.4) is 0 Å². The lowest BCUT2D eigenvalue weighted by Gasteiger charge is -2.42. The number of hydrogen-bond acceptors (Lipinski definition) is 9. The molecule has 13 heteroatoms. The van der Waals surface area contributed by atoms with Gasteiger partial charge in [-0.3, -0.25) is 9.69 Å². The number of piperazine rings is 1. The van der Waals surface area contributed by atoms with Gasteiger partial charge in [0, 0.05) is 61.0 Å². The molecule has 2 bridgehead atoms. The van der Waals surface area contributed by atoms with Crippen LogP contribution in [0.25, 0.3) is 43.8 Å². The number of alkyl halides is 1. The van der Waals surface area contributed by atoms with Gasteiger partial charge in [0.1, 0.15) is 47.0 Å². The number of nitrogens with one attached hydrogen (secondary N) is 1. The molecule has 272 valence electrons. The molecule has 3 aromatic carbocycles. The number of benzene rings is 3. The van der Waals surface area contributed by atoms with Crippen LogP contribution in [-0.4, -0.2) is 99.9 Å². The molecule has 7 heterocycles. The van der Waals surface area contributed by atoms with E-state index in [0.29, 0.717) is 60.3 Å². The number of rotatable bonds is 6. The SMILES string of the molecule is C#Cc1c(F)ccc2cc(O)cc(-c3c(F)c4nc(OC[C@@]56CCCN5C[C@H](F)C6)nc(N5CC6CCC(C5)N6C(=O)C5CN5)c4c4cc(C)oc34)c12. The standard InChI is InChI=1S/C40H37F3N6O4/c1-3-26-29(42)8-5-21-12-25(50)13-27(31(21)26)32-34(43)35-33(28-11-20(2)53-36(28)32)37(47-17-23-6-7-24(18-47)49(23)38(51)30-15-44-30)46-39(45-35)52-19-40-9-4-10-48(40)16-22(41)14-40/h1,5,8,11-13,22-24,30,44,50H,4,6-7,9-10,14-19H2,2H3/t22-,23?,24?,30?,40+/m1/s1. The predicted molar refractivity (Wildman–Crippen MR) is 193 cm³/mol. The summed E-state index contributed by atoms with van der Waals surface area (Å²) in [5, 5.41) is 15.6. The number of anilines is 1. The minimum absolute atomic E-state index is 0.0387. The first-order valence-electron chi connectivity index (χ1n) is 18.3. The zero-order chi connectivity index (χ0) is 36.3. The van der Waals surface area contributed by atoms with E-state index in [-0.39, 0.29) is 75.6 Å². The zero-order valence-corrected chi connectivity index (χ0v) is 29.1. The second kappa shape index (κ2) is 11.7. The Hall–Kier alpha value is -5.06. The minimum Gasteiger partial charge on any atom is -0.508 e. The molecule has 5 saturated heterocycles. The van der Waals surface area contributed by atoms with Crippen molar-refractivity contribution in [3.05, 3.63) is 53.3 Å². The highest BCUT2D eigenvalue weighted by Crippen LogP contribution is 2.47. The number of nitrogens with zero attached hydrogens (tertiary/aromatic N) is 5. The number of furan rings is 1. The summed E-state index contributed by atoms with van der Waals surface area (Å²) in [6, 6.07) is 7.01. The number of terminal acetylenes is 1. The molecule has 5 aromatic rings. The fraction of sp³-hybridized carbons (Fsp3) is 0.425. The molecule has 5 aliphatic heterocycles. The quantitative estimate of drug-likeness (QED) is 0.171. The van der Waals surface area contributed by atoms with E-state index >= 15 is 8.78 Å². The van der Waals surface area contributed by atoms with E-state index in [2.05, 4.69) is 21.0 Å². The number of aromatic hydroxyl groups is 1. The molecule has 5 aliphatic rings. The van der Waals surface area contributed by atoms with Gasteiger partial charge in [0.05, 0.1) is 28.1 Å². The lowest BCUT2D eigenvalue weighted by molar-refractivity contribution is -0.133. The average molecular weight is 723 g/mol. The van der Waals surface area contributed by atoms with E-state index in [1.165, 1.54) is 24.3 Å². The topological polar surface area (TPSA) is 117 Å². The van der Waals surface area contributed by atoms with E-state index in [4.69, 9.17) is 25.5 Å². The van der Waals surface area contributed by atoms with Crippen LogP contribution in [0.2, 0.25) is 0 Å². The third-order valence-electron chi connectivity index (χ3n) is 12.1. The maximum absolute atomic E-state index is 17.7. The molecule has 5 fully saturated rings. The van der Waals surface area contributed by atoms with Crippen LogP contribution in [0.1, 0.15) is 43.4 Å². The summed E-state index contributed by atoms with van der Waals surface area (Å²) in [5.74, 6) is 1.85. The lowest BCUT2D eigenvalue weighted by atomic mass is 9.91. The van der Waals surface area contributed by atoms with Gasteiger partial charge in [-0.15, -0.1) is 6.42 Å². The number of carbonyl (C=O) groups excluding carboxylic acids is 1. The molecule has 0 radical (unpaired) electrons. The van der Waals surface area contributed by atoms with Crippen LogP contribution >= 0.6 is 0 Å². The summed E-state index contributed by atoms with van der Waals surface area (Å²) in [5.41, 5.74) is -0.343. The van der Waals surface area contributed by atoms with Crippen molar-refractivity contribution in [1.82, 2.24) is 25.1 Å². The summed E-state index contributed by atoms with van der Waals surface area (Å²) in [6.45, 7) is 4.66. The molecule has 3 unspecified atom stereocenters. The molecule has 0 spiro atoms. The third kappa shape index (κ3) is 4.98. The number of hydrogen-bond donors (Lipinski definition) is 2. The van der Waals surface area contributed by atoms with Crippen LogP contribution in [0.4, 0.5) is 19.0 Å². The number of fused-ring (bicyclic) bond motifs is 7. The Morgan fingerprint density at radius 1 is 1.15 bits per heavy atom. The van der Waals surface area contributed by atoms with Crippen molar-refractivity contribution in [2.45, 2.75) is 68.9 Å².